The monoisotopic (exact) mass is 333 g/mol. The van der Waals surface area contributed by atoms with E-state index in [0.717, 1.165) is 18.8 Å². The number of hydrogen-bond acceptors (Lipinski definition) is 3. The quantitative estimate of drug-likeness (QED) is 0.900. The first-order valence-corrected chi connectivity index (χ1v) is 9.32. The number of aryl methyl sites for hydroxylation is 1. The minimum atomic E-state index is -0.0544. The molecule has 5 heteroatoms. The van der Waals surface area contributed by atoms with E-state index in [2.05, 4.69) is 11.4 Å². The predicted octanol–water partition coefficient (Wildman–Crippen LogP) is 2.10. The van der Waals surface area contributed by atoms with Gasteiger partial charge in [0.2, 0.25) is 0 Å². The number of quaternary nitrogens is 1. The Labute approximate surface area is 141 Å². The molecule has 0 spiro atoms. The Morgan fingerprint density at radius 1 is 1.35 bits per heavy atom. The van der Waals surface area contributed by atoms with Gasteiger partial charge in [-0.1, -0.05) is 6.07 Å². The van der Waals surface area contributed by atoms with Crippen molar-refractivity contribution in [3.8, 4) is 5.75 Å². The van der Waals surface area contributed by atoms with Crippen molar-refractivity contribution in [1.82, 2.24) is 4.57 Å². The van der Waals surface area contributed by atoms with Crippen LogP contribution in [0.2, 0.25) is 0 Å². The molecule has 0 aromatic carbocycles. The van der Waals surface area contributed by atoms with Gasteiger partial charge in [-0.3, -0.25) is 4.79 Å². The zero-order chi connectivity index (χ0) is 16.4. The molecule has 2 aromatic heterocycles. The van der Waals surface area contributed by atoms with Gasteiger partial charge in [0.1, 0.15) is 11.3 Å². The van der Waals surface area contributed by atoms with Gasteiger partial charge in [-0.25, -0.2) is 0 Å². The molecule has 2 aromatic rings. The summed E-state index contributed by atoms with van der Waals surface area (Å²) in [6.07, 6.45) is 3.64. The lowest BCUT2D eigenvalue weighted by Gasteiger charge is -2.31. The van der Waals surface area contributed by atoms with Gasteiger partial charge in [0, 0.05) is 12.2 Å². The van der Waals surface area contributed by atoms with Crippen LogP contribution in [-0.2, 0) is 6.54 Å². The maximum Gasteiger partial charge on any atom is 0.264 e. The number of piperidine rings is 1. The Balaban J connectivity index is 2.15. The van der Waals surface area contributed by atoms with Crippen LogP contribution in [0.15, 0.2) is 28.4 Å². The van der Waals surface area contributed by atoms with E-state index in [0.29, 0.717) is 12.1 Å². The third-order valence-corrected chi connectivity index (χ3v) is 5.80. The molecule has 1 aliphatic heterocycles. The Morgan fingerprint density at radius 3 is 2.70 bits per heavy atom. The molecular weight excluding hydrogens is 308 g/mol. The summed E-state index contributed by atoms with van der Waals surface area (Å²) < 4.78 is 1.76. The van der Waals surface area contributed by atoms with Gasteiger partial charge in [-0.15, -0.1) is 11.3 Å². The van der Waals surface area contributed by atoms with E-state index in [1.807, 2.05) is 19.9 Å². The molecule has 3 heterocycles. The Kier molecular flexibility index (Phi) is 4.87. The van der Waals surface area contributed by atoms with Crippen LogP contribution < -0.4 is 10.5 Å². The number of aromatic nitrogens is 1. The zero-order valence-corrected chi connectivity index (χ0v) is 14.7. The normalized spacial score (nSPS) is 17.3. The molecule has 23 heavy (non-hydrogen) atoms. The summed E-state index contributed by atoms with van der Waals surface area (Å²) in [7, 11) is 0. The summed E-state index contributed by atoms with van der Waals surface area (Å²) >= 11 is 1.67. The van der Waals surface area contributed by atoms with Crippen LogP contribution in [0.4, 0.5) is 0 Å². The van der Waals surface area contributed by atoms with E-state index in [4.69, 9.17) is 0 Å². The summed E-state index contributed by atoms with van der Waals surface area (Å²) in [6.45, 7) is 6.60. The summed E-state index contributed by atoms with van der Waals surface area (Å²) in [5.41, 5.74) is 1.34. The van der Waals surface area contributed by atoms with Crippen molar-refractivity contribution in [1.29, 1.82) is 0 Å². The number of thiophene rings is 1. The van der Waals surface area contributed by atoms with Crippen molar-refractivity contribution in [3.63, 3.8) is 0 Å². The number of likely N-dealkylation sites (tertiary alicyclic amines) is 1. The molecule has 0 unspecified atom stereocenters. The molecule has 1 saturated heterocycles. The number of aromatic hydroxyl groups is 1. The van der Waals surface area contributed by atoms with E-state index in [1.165, 1.54) is 29.0 Å². The van der Waals surface area contributed by atoms with Crippen molar-refractivity contribution in [2.45, 2.75) is 45.7 Å². The number of nitrogens with one attached hydrogen (secondary N) is 1. The molecule has 124 valence electrons. The topological polar surface area (TPSA) is 46.7 Å². The second-order valence-electron chi connectivity index (χ2n) is 6.30. The molecule has 1 atom stereocenters. The van der Waals surface area contributed by atoms with Crippen LogP contribution in [-0.4, -0.2) is 22.8 Å². The standard InChI is InChI=1S/C18H24N2O2S/c1-3-20-13(2)12-14(21)16(18(20)22)17(15-8-7-11-23-15)19-9-5-4-6-10-19/h7-8,11-12,17,21H,3-6,9-10H2,1-2H3/p+1/t17-/m1/s1. The molecule has 4 nitrogen and oxygen atoms in total. The fraction of sp³-hybridized carbons (Fsp3) is 0.500. The Morgan fingerprint density at radius 2 is 2.09 bits per heavy atom. The summed E-state index contributed by atoms with van der Waals surface area (Å²) in [5.74, 6) is 0.147. The van der Waals surface area contributed by atoms with Crippen molar-refractivity contribution < 1.29 is 10.0 Å². The molecule has 0 amide bonds. The summed E-state index contributed by atoms with van der Waals surface area (Å²) in [4.78, 5) is 15.6. The lowest BCUT2D eigenvalue weighted by Crippen LogP contribution is -3.13. The SMILES string of the molecule is CCn1c(C)cc(O)c([C@@H](c2cccs2)[NH+]2CCCCC2)c1=O. The van der Waals surface area contributed by atoms with Crippen LogP contribution in [0.1, 0.15) is 48.4 Å². The Bertz CT molecular complexity index is 715. The molecule has 0 aliphatic carbocycles. The molecule has 1 aliphatic rings. The third kappa shape index (κ3) is 3.08. The van der Waals surface area contributed by atoms with Gasteiger partial charge < -0.3 is 14.6 Å². The second kappa shape index (κ2) is 6.89. The maximum atomic E-state index is 13.0. The second-order valence-corrected chi connectivity index (χ2v) is 7.28. The third-order valence-electron chi connectivity index (χ3n) is 4.86. The van der Waals surface area contributed by atoms with E-state index < -0.39 is 0 Å². The molecular formula is C18H25N2O2S+. The lowest BCUT2D eigenvalue weighted by atomic mass is 10.00. The average molecular weight is 333 g/mol. The van der Waals surface area contributed by atoms with Crippen molar-refractivity contribution in [3.05, 3.63) is 50.1 Å². The Hall–Kier alpha value is -1.59. The molecule has 0 saturated carbocycles. The maximum absolute atomic E-state index is 13.0. The van der Waals surface area contributed by atoms with Crippen LogP contribution >= 0.6 is 11.3 Å². The van der Waals surface area contributed by atoms with E-state index in [-0.39, 0.29) is 17.4 Å². The van der Waals surface area contributed by atoms with E-state index in [1.54, 1.807) is 22.0 Å². The average Bonchev–Trinajstić information content (AvgIpc) is 3.06. The highest BCUT2D eigenvalue weighted by atomic mass is 32.1. The highest BCUT2D eigenvalue weighted by Crippen LogP contribution is 2.28. The van der Waals surface area contributed by atoms with Gasteiger partial charge in [0.25, 0.3) is 5.56 Å². The first kappa shape index (κ1) is 16.3. The molecule has 2 N–H and O–H groups in total. The minimum Gasteiger partial charge on any atom is -0.507 e. The largest absolute Gasteiger partial charge is 0.507 e. The van der Waals surface area contributed by atoms with Gasteiger partial charge in [0.05, 0.1) is 18.0 Å². The fourth-order valence-electron chi connectivity index (χ4n) is 3.73. The molecule has 0 radical (unpaired) electrons. The van der Waals surface area contributed by atoms with Gasteiger partial charge in [-0.05, 0) is 50.6 Å². The highest BCUT2D eigenvalue weighted by molar-refractivity contribution is 7.10. The molecule has 3 rings (SSSR count). The van der Waals surface area contributed by atoms with Gasteiger partial charge in [-0.2, -0.15) is 0 Å². The summed E-state index contributed by atoms with van der Waals surface area (Å²) in [6, 6.07) is 5.80. The molecule has 0 bridgehead atoms. The number of hydrogen-bond donors (Lipinski definition) is 2. The van der Waals surface area contributed by atoms with Crippen LogP contribution in [0.5, 0.6) is 5.75 Å². The lowest BCUT2D eigenvalue weighted by molar-refractivity contribution is -0.930. The number of rotatable bonds is 4. The zero-order valence-electron chi connectivity index (χ0n) is 13.8. The van der Waals surface area contributed by atoms with Crippen LogP contribution in [0.25, 0.3) is 0 Å². The van der Waals surface area contributed by atoms with Gasteiger partial charge >= 0.3 is 0 Å². The smallest absolute Gasteiger partial charge is 0.264 e. The van der Waals surface area contributed by atoms with Gasteiger partial charge in [0.15, 0.2) is 6.04 Å². The van der Waals surface area contributed by atoms with Crippen molar-refractivity contribution in [2.75, 3.05) is 13.1 Å². The minimum absolute atomic E-state index is 0.0403. The van der Waals surface area contributed by atoms with Crippen molar-refractivity contribution in [2.24, 2.45) is 0 Å². The number of pyridine rings is 1. The van der Waals surface area contributed by atoms with Crippen LogP contribution in [0, 0.1) is 6.92 Å². The fourth-order valence-corrected chi connectivity index (χ4v) is 4.62. The predicted molar refractivity (Wildman–Crippen MR) is 93.5 cm³/mol. The van der Waals surface area contributed by atoms with Crippen LogP contribution in [0.3, 0.4) is 0 Å². The van der Waals surface area contributed by atoms with E-state index in [9.17, 15) is 9.90 Å². The summed E-state index contributed by atoms with van der Waals surface area (Å²) in [5, 5.41) is 12.6. The number of nitrogens with zero attached hydrogens (tertiary/aromatic N) is 1. The highest BCUT2D eigenvalue weighted by Gasteiger charge is 2.33. The first-order chi connectivity index (χ1) is 11.1. The first-order valence-electron chi connectivity index (χ1n) is 8.44. The van der Waals surface area contributed by atoms with Crippen molar-refractivity contribution >= 4 is 11.3 Å². The molecule has 1 fully saturated rings. The van der Waals surface area contributed by atoms with E-state index >= 15 is 0 Å².